The summed E-state index contributed by atoms with van der Waals surface area (Å²) in [6.07, 6.45) is 35.0. The van der Waals surface area contributed by atoms with Crippen LogP contribution in [-0.4, -0.2) is 11.2 Å². The molecule has 4 rings (SSSR count). The zero-order chi connectivity index (χ0) is 15.5. The van der Waals surface area contributed by atoms with Gasteiger partial charge in [0.1, 0.15) is 0 Å². The van der Waals surface area contributed by atoms with E-state index in [0.717, 1.165) is 11.8 Å². The molecule has 126 valence electrons. The van der Waals surface area contributed by atoms with E-state index in [-0.39, 0.29) is 34.1 Å². The summed E-state index contributed by atoms with van der Waals surface area (Å²) in [5.74, 6) is 1.92. The van der Waals surface area contributed by atoms with Gasteiger partial charge in [0.25, 0.3) is 0 Å². The van der Waals surface area contributed by atoms with Gasteiger partial charge in [-0.15, -0.1) is 0 Å². The van der Waals surface area contributed by atoms with Crippen molar-refractivity contribution in [3.05, 3.63) is 127 Å². The summed E-state index contributed by atoms with van der Waals surface area (Å²) in [6, 6.07) is 0. The average Bonchev–Trinajstić information content (AvgIpc) is 3.42. The van der Waals surface area contributed by atoms with Gasteiger partial charge in [0.15, 0.2) is 0 Å². The molecule has 0 unspecified atom stereocenters. The fraction of sp³-hybridized carbons (Fsp3) is 0.0476. The van der Waals surface area contributed by atoms with Gasteiger partial charge in [-0.2, -0.15) is 0 Å². The van der Waals surface area contributed by atoms with Gasteiger partial charge in [-0.05, 0) is 116 Å². The first-order chi connectivity index (χ1) is 10.9. The van der Waals surface area contributed by atoms with Gasteiger partial charge in [0.05, 0.1) is 6.10 Å². The fourth-order valence-electron chi connectivity index (χ4n) is 1.98. The quantitative estimate of drug-likeness (QED) is 0.707. The third kappa shape index (κ3) is 10.2. The molecular formula is C21H20Fe2O. The van der Waals surface area contributed by atoms with Crippen LogP contribution < -0.4 is 0 Å². The maximum atomic E-state index is 9.77. The predicted molar refractivity (Wildman–Crippen MR) is 89.9 cm³/mol. The summed E-state index contributed by atoms with van der Waals surface area (Å²) in [7, 11) is 0. The van der Waals surface area contributed by atoms with E-state index in [2.05, 4.69) is 0 Å². The number of aliphatic hydroxyl groups is 1. The van der Waals surface area contributed by atoms with Crippen LogP contribution in [0.3, 0.4) is 0 Å². The van der Waals surface area contributed by atoms with Gasteiger partial charge in [-0.25, -0.2) is 0 Å². The summed E-state index contributed by atoms with van der Waals surface area (Å²) < 4.78 is 0. The normalized spacial score (nSPS) is 23.8. The van der Waals surface area contributed by atoms with Crippen LogP contribution in [0.25, 0.3) is 0 Å². The number of aliphatic hydroxyl groups excluding tert-OH is 1. The van der Waals surface area contributed by atoms with E-state index < -0.39 is 6.10 Å². The molecule has 0 atom stereocenters. The molecule has 1 nitrogen and oxygen atoms in total. The maximum absolute atomic E-state index is 9.77. The summed E-state index contributed by atoms with van der Waals surface area (Å²) in [6.45, 7) is 0. The van der Waals surface area contributed by atoms with Crippen molar-refractivity contribution in [3.8, 4) is 0 Å². The Morgan fingerprint density at radius 2 is 0.625 bits per heavy atom. The van der Waals surface area contributed by atoms with Crippen molar-refractivity contribution in [3.63, 3.8) is 0 Å². The van der Waals surface area contributed by atoms with Crippen molar-refractivity contribution in [2.24, 2.45) is 0 Å². The van der Waals surface area contributed by atoms with Gasteiger partial charge in [-0.1, -0.05) is 0 Å². The smallest absolute Gasteiger partial charge is 0.0677 e. The minimum atomic E-state index is -0.463. The van der Waals surface area contributed by atoms with Crippen molar-refractivity contribution >= 4 is 0 Å². The Bertz CT molecular complexity index is 211. The van der Waals surface area contributed by atoms with E-state index in [1.54, 1.807) is 0 Å². The second-order valence-corrected chi connectivity index (χ2v) is 4.76. The molecule has 3 heteroatoms. The first-order valence-corrected chi connectivity index (χ1v) is 7.32. The van der Waals surface area contributed by atoms with Crippen LogP contribution >= 0.6 is 0 Å². The van der Waals surface area contributed by atoms with Crippen molar-refractivity contribution in [1.82, 2.24) is 0 Å². The van der Waals surface area contributed by atoms with Gasteiger partial charge in [-0.3, -0.25) is 0 Å². The molecule has 1 N–H and O–H groups in total. The monoisotopic (exact) mass is 400 g/mol. The maximum Gasteiger partial charge on any atom is 0.0677 e. The van der Waals surface area contributed by atoms with Crippen molar-refractivity contribution in [2.75, 3.05) is 0 Å². The Morgan fingerprint density at radius 3 is 0.833 bits per heavy atom. The molecule has 0 aromatic carbocycles. The summed E-state index contributed by atoms with van der Waals surface area (Å²) in [5.41, 5.74) is 0. The molecule has 24 heavy (non-hydrogen) atoms. The van der Waals surface area contributed by atoms with Crippen LogP contribution in [0, 0.1) is 127 Å². The molecule has 0 aromatic heterocycles. The van der Waals surface area contributed by atoms with Crippen LogP contribution in [0.15, 0.2) is 0 Å². The Hall–Kier alpha value is 0.999. The molecule has 0 amide bonds. The minimum absolute atomic E-state index is 0. The van der Waals surface area contributed by atoms with Gasteiger partial charge >= 0.3 is 0 Å². The Kier molecular flexibility index (Phi) is 16.9. The molecule has 0 aliphatic heterocycles. The van der Waals surface area contributed by atoms with Gasteiger partial charge < -0.3 is 5.11 Å². The van der Waals surface area contributed by atoms with Crippen molar-refractivity contribution in [1.29, 1.82) is 0 Å². The average molecular weight is 400 g/mol. The molecule has 4 aliphatic rings. The first kappa shape index (κ1) is 25.0. The van der Waals surface area contributed by atoms with Crippen LogP contribution in [-0.2, 0) is 34.1 Å². The van der Waals surface area contributed by atoms with E-state index in [4.69, 9.17) is 0 Å². The second kappa shape index (κ2) is 16.2. The van der Waals surface area contributed by atoms with E-state index >= 15 is 0 Å². The van der Waals surface area contributed by atoms with Crippen LogP contribution in [0.2, 0.25) is 0 Å². The van der Waals surface area contributed by atoms with Crippen LogP contribution in [0.4, 0.5) is 0 Å². The zero-order valence-corrected chi connectivity index (χ0v) is 15.3. The topological polar surface area (TPSA) is 20.2 Å². The second-order valence-electron chi connectivity index (χ2n) is 4.76. The largest absolute Gasteiger partial charge is 0.392 e. The predicted octanol–water partition coefficient (Wildman–Crippen LogP) is 3.20. The van der Waals surface area contributed by atoms with E-state index in [1.165, 1.54) is 0 Å². The molecule has 0 aromatic rings. The molecule has 4 aliphatic carbocycles. The third-order valence-electron chi connectivity index (χ3n) is 3.12. The fourth-order valence-corrected chi connectivity index (χ4v) is 1.98. The molecule has 4 fully saturated rings. The Morgan fingerprint density at radius 1 is 0.417 bits per heavy atom. The third-order valence-corrected chi connectivity index (χ3v) is 3.12. The molecule has 0 saturated heterocycles. The Labute approximate surface area is 172 Å². The molecular weight excluding hydrogens is 380 g/mol. The number of hydrogen-bond donors (Lipinski definition) is 1. The number of rotatable bonds is 2. The molecule has 4 saturated carbocycles. The van der Waals surface area contributed by atoms with E-state index in [1.807, 2.05) is 116 Å². The van der Waals surface area contributed by atoms with E-state index in [0.29, 0.717) is 0 Å². The van der Waals surface area contributed by atoms with Gasteiger partial charge in [0.2, 0.25) is 0 Å². The zero-order valence-electron chi connectivity index (χ0n) is 13.1. The molecule has 0 spiro atoms. The standard InChI is InChI=1S/C11H10O.2C5H5.2Fe/c12-11(9-5-1-2-6-9)10-7-3-4-8-10;2*1-2-4-5-3-1;;/h1-8,11-12H;2*1-5H;;. The van der Waals surface area contributed by atoms with E-state index in [9.17, 15) is 5.11 Å². The molecule has 0 bridgehead atoms. The first-order valence-electron chi connectivity index (χ1n) is 7.32. The number of hydrogen-bond acceptors (Lipinski definition) is 1. The van der Waals surface area contributed by atoms with Gasteiger partial charge in [0, 0.05) is 46.0 Å². The molecule has 0 heterocycles. The summed E-state index contributed by atoms with van der Waals surface area (Å²) in [5, 5.41) is 9.77. The van der Waals surface area contributed by atoms with Crippen LogP contribution in [0.1, 0.15) is 0 Å². The SMILES string of the molecule is OC([C]1[CH][CH][CH][CH]1)[C]1[CH][CH][CH][CH]1.[CH]1[CH][CH][CH][CH]1.[CH]1[CH][CH][CH][CH]1.[Fe].[Fe]. The van der Waals surface area contributed by atoms with Crippen molar-refractivity contribution in [2.45, 2.75) is 6.10 Å². The Balaban J connectivity index is 0.000000370. The minimum Gasteiger partial charge on any atom is -0.392 e. The van der Waals surface area contributed by atoms with Crippen molar-refractivity contribution < 1.29 is 39.2 Å². The summed E-state index contributed by atoms with van der Waals surface area (Å²) >= 11 is 0. The molecule has 20 radical (unpaired) electrons. The summed E-state index contributed by atoms with van der Waals surface area (Å²) in [4.78, 5) is 0. The van der Waals surface area contributed by atoms with Crippen LogP contribution in [0.5, 0.6) is 0 Å².